The van der Waals surface area contributed by atoms with Gasteiger partial charge in [0.1, 0.15) is 4.88 Å². The number of thiophene rings is 1. The molecule has 2 nitrogen and oxygen atoms in total. The molecule has 0 amide bonds. The summed E-state index contributed by atoms with van der Waals surface area (Å²) in [6, 6.07) is 0.965. The number of hydrogen-bond donors (Lipinski definition) is 0. The maximum Gasteiger partial charge on any atom is 0.426 e. The molecular weight excluding hydrogens is 253 g/mol. The second-order valence-electron chi connectivity index (χ2n) is 2.51. The van der Waals surface area contributed by atoms with Gasteiger partial charge in [0.15, 0.2) is 0 Å². The summed E-state index contributed by atoms with van der Waals surface area (Å²) in [6.45, 7) is 1.53. The molecular formula is C8H6ClF3O2S. The standard InChI is InChI=1S/C8H6ClF3O2S/c1-2-14-7(13)4-3-5(9)15-6(4)8(10,11)12/h3H,2H2,1H3. The largest absolute Gasteiger partial charge is 0.462 e. The van der Waals surface area contributed by atoms with Crippen LogP contribution in [0.25, 0.3) is 0 Å². The van der Waals surface area contributed by atoms with Crippen molar-refractivity contribution in [2.75, 3.05) is 6.61 Å². The van der Waals surface area contributed by atoms with Gasteiger partial charge in [-0.2, -0.15) is 13.2 Å². The van der Waals surface area contributed by atoms with Crippen LogP contribution in [0.15, 0.2) is 6.07 Å². The van der Waals surface area contributed by atoms with E-state index in [0.717, 1.165) is 6.07 Å². The highest BCUT2D eigenvalue weighted by Gasteiger charge is 2.38. The molecule has 0 bridgehead atoms. The summed E-state index contributed by atoms with van der Waals surface area (Å²) in [5, 5.41) is 0. The molecule has 84 valence electrons. The number of carbonyl (C=O) groups is 1. The zero-order chi connectivity index (χ0) is 11.6. The van der Waals surface area contributed by atoms with E-state index in [0.29, 0.717) is 11.3 Å². The molecule has 1 aromatic rings. The SMILES string of the molecule is CCOC(=O)c1cc(Cl)sc1C(F)(F)F. The lowest BCUT2D eigenvalue weighted by atomic mass is 10.2. The third-order valence-electron chi connectivity index (χ3n) is 1.45. The van der Waals surface area contributed by atoms with Gasteiger partial charge < -0.3 is 4.74 Å². The first kappa shape index (κ1) is 12.3. The van der Waals surface area contributed by atoms with Gasteiger partial charge in [-0.15, -0.1) is 11.3 Å². The van der Waals surface area contributed by atoms with Crippen LogP contribution in [-0.2, 0) is 10.9 Å². The van der Waals surface area contributed by atoms with Crippen LogP contribution in [-0.4, -0.2) is 12.6 Å². The minimum Gasteiger partial charge on any atom is -0.462 e. The van der Waals surface area contributed by atoms with E-state index < -0.39 is 22.6 Å². The van der Waals surface area contributed by atoms with E-state index in [2.05, 4.69) is 4.74 Å². The van der Waals surface area contributed by atoms with E-state index in [1.807, 2.05) is 0 Å². The van der Waals surface area contributed by atoms with E-state index in [1.165, 1.54) is 6.92 Å². The van der Waals surface area contributed by atoms with Crippen LogP contribution < -0.4 is 0 Å². The van der Waals surface area contributed by atoms with Gasteiger partial charge in [0.05, 0.1) is 16.5 Å². The maximum atomic E-state index is 12.4. The van der Waals surface area contributed by atoms with Crippen molar-refractivity contribution in [2.24, 2.45) is 0 Å². The maximum absolute atomic E-state index is 12.4. The van der Waals surface area contributed by atoms with Crippen molar-refractivity contribution >= 4 is 28.9 Å². The summed E-state index contributed by atoms with van der Waals surface area (Å²) in [5.74, 6) is -1.01. The first-order chi connectivity index (χ1) is 6.86. The molecule has 0 radical (unpaired) electrons. The summed E-state index contributed by atoms with van der Waals surface area (Å²) in [7, 11) is 0. The molecule has 1 aromatic heterocycles. The molecule has 0 spiro atoms. The summed E-state index contributed by atoms with van der Waals surface area (Å²) >= 11 is 5.74. The zero-order valence-electron chi connectivity index (χ0n) is 7.52. The van der Waals surface area contributed by atoms with E-state index in [4.69, 9.17) is 11.6 Å². The number of alkyl halides is 3. The Morgan fingerprint density at radius 1 is 1.60 bits per heavy atom. The van der Waals surface area contributed by atoms with Gasteiger partial charge in [-0.05, 0) is 13.0 Å². The fourth-order valence-corrected chi connectivity index (χ4v) is 2.01. The topological polar surface area (TPSA) is 26.3 Å². The lowest BCUT2D eigenvalue weighted by molar-refractivity contribution is -0.134. The van der Waals surface area contributed by atoms with Crippen LogP contribution in [0.5, 0.6) is 0 Å². The number of halogens is 4. The van der Waals surface area contributed by atoms with Crippen LogP contribution in [0, 0.1) is 0 Å². The lowest BCUT2D eigenvalue weighted by Gasteiger charge is -2.06. The van der Waals surface area contributed by atoms with Crippen molar-refractivity contribution < 1.29 is 22.7 Å². The molecule has 0 aromatic carbocycles. The van der Waals surface area contributed by atoms with Gasteiger partial charge in [-0.3, -0.25) is 0 Å². The van der Waals surface area contributed by atoms with E-state index in [1.54, 1.807) is 0 Å². The fraction of sp³-hybridized carbons (Fsp3) is 0.375. The average molecular weight is 259 g/mol. The number of rotatable bonds is 2. The molecule has 0 aliphatic rings. The molecule has 0 fully saturated rings. The van der Waals surface area contributed by atoms with Crippen molar-refractivity contribution in [1.29, 1.82) is 0 Å². The van der Waals surface area contributed by atoms with Crippen LogP contribution in [0.1, 0.15) is 22.2 Å². The Labute approximate surface area is 92.6 Å². The van der Waals surface area contributed by atoms with E-state index in [9.17, 15) is 18.0 Å². The van der Waals surface area contributed by atoms with Gasteiger partial charge in [0.2, 0.25) is 0 Å². The Morgan fingerprint density at radius 2 is 2.20 bits per heavy atom. The fourth-order valence-electron chi connectivity index (χ4n) is 0.932. The summed E-state index contributed by atoms with van der Waals surface area (Å²) < 4.78 is 41.6. The molecule has 0 saturated heterocycles. The van der Waals surface area contributed by atoms with Crippen molar-refractivity contribution in [1.82, 2.24) is 0 Å². The number of ether oxygens (including phenoxy) is 1. The summed E-state index contributed by atoms with van der Waals surface area (Å²) in [6.07, 6.45) is -4.58. The van der Waals surface area contributed by atoms with Gasteiger partial charge in [-0.1, -0.05) is 11.6 Å². The highest BCUT2D eigenvalue weighted by atomic mass is 35.5. The molecule has 0 saturated carbocycles. The van der Waals surface area contributed by atoms with Crippen LogP contribution in [0.4, 0.5) is 13.2 Å². The molecule has 0 atom stereocenters. The minimum atomic E-state index is -4.58. The third-order valence-corrected chi connectivity index (χ3v) is 2.76. The highest BCUT2D eigenvalue weighted by molar-refractivity contribution is 7.16. The van der Waals surface area contributed by atoms with E-state index >= 15 is 0 Å². The molecule has 7 heteroatoms. The molecule has 0 aliphatic heterocycles. The minimum absolute atomic E-state index is 0.0175. The van der Waals surface area contributed by atoms with Gasteiger partial charge in [0, 0.05) is 0 Å². The first-order valence-electron chi connectivity index (χ1n) is 3.90. The average Bonchev–Trinajstić information content (AvgIpc) is 2.47. The van der Waals surface area contributed by atoms with Crippen LogP contribution >= 0.6 is 22.9 Å². The van der Waals surface area contributed by atoms with Crippen molar-refractivity contribution in [3.05, 3.63) is 20.8 Å². The lowest BCUT2D eigenvalue weighted by Crippen LogP contribution is -2.11. The third kappa shape index (κ3) is 2.85. The van der Waals surface area contributed by atoms with Gasteiger partial charge >= 0.3 is 12.1 Å². The molecule has 0 N–H and O–H groups in total. The Bertz CT molecular complexity index is 372. The van der Waals surface area contributed by atoms with Crippen molar-refractivity contribution in [3.8, 4) is 0 Å². The zero-order valence-corrected chi connectivity index (χ0v) is 9.09. The Morgan fingerprint density at radius 3 is 2.67 bits per heavy atom. The smallest absolute Gasteiger partial charge is 0.426 e. The van der Waals surface area contributed by atoms with Gasteiger partial charge in [-0.25, -0.2) is 4.79 Å². The second-order valence-corrected chi connectivity index (χ2v) is 4.20. The number of esters is 1. The van der Waals surface area contributed by atoms with Crippen molar-refractivity contribution in [2.45, 2.75) is 13.1 Å². The molecule has 15 heavy (non-hydrogen) atoms. The predicted octanol–water partition coefficient (Wildman–Crippen LogP) is 3.60. The Hall–Kier alpha value is -0.750. The molecule has 0 unspecified atom stereocenters. The summed E-state index contributed by atoms with van der Waals surface area (Å²) in [5.41, 5.74) is -0.528. The highest BCUT2D eigenvalue weighted by Crippen LogP contribution is 2.40. The molecule has 0 aliphatic carbocycles. The Kier molecular flexibility index (Phi) is 3.62. The molecule has 1 rings (SSSR count). The normalized spacial score (nSPS) is 11.5. The number of hydrogen-bond acceptors (Lipinski definition) is 3. The van der Waals surface area contributed by atoms with E-state index in [-0.39, 0.29) is 10.9 Å². The number of carbonyl (C=O) groups excluding carboxylic acids is 1. The van der Waals surface area contributed by atoms with Gasteiger partial charge in [0.25, 0.3) is 0 Å². The van der Waals surface area contributed by atoms with Crippen molar-refractivity contribution in [3.63, 3.8) is 0 Å². The Balaban J connectivity index is 3.12. The monoisotopic (exact) mass is 258 g/mol. The second kappa shape index (κ2) is 4.40. The van der Waals surface area contributed by atoms with Crippen LogP contribution in [0.2, 0.25) is 4.34 Å². The molecule has 1 heterocycles. The first-order valence-corrected chi connectivity index (χ1v) is 5.09. The van der Waals surface area contributed by atoms with Crippen LogP contribution in [0.3, 0.4) is 0 Å². The quantitative estimate of drug-likeness (QED) is 0.758. The predicted molar refractivity (Wildman–Crippen MR) is 50.3 cm³/mol. The summed E-state index contributed by atoms with van der Waals surface area (Å²) in [4.78, 5) is 10.1.